The zero-order valence-electron chi connectivity index (χ0n) is 10.00. The topological polar surface area (TPSA) is 62.2 Å². The molecule has 0 aromatic carbocycles. The molecule has 2 rings (SSSR count). The second-order valence-corrected chi connectivity index (χ2v) is 4.74. The summed E-state index contributed by atoms with van der Waals surface area (Å²) >= 11 is 0. The van der Waals surface area contributed by atoms with Gasteiger partial charge in [0.1, 0.15) is 5.69 Å². The molecule has 0 aliphatic heterocycles. The first-order chi connectivity index (χ1) is 8.88. The number of halogens is 3. The maximum atomic E-state index is 12.7. The van der Waals surface area contributed by atoms with Crippen molar-refractivity contribution in [2.75, 3.05) is 13.2 Å². The van der Waals surface area contributed by atoms with Crippen molar-refractivity contribution in [1.29, 1.82) is 0 Å². The third-order valence-electron chi connectivity index (χ3n) is 3.24. The first-order valence-corrected chi connectivity index (χ1v) is 5.79. The first-order valence-electron chi connectivity index (χ1n) is 5.79. The Hall–Kier alpha value is -1.63. The predicted octanol–water partition coefficient (Wildman–Crippen LogP) is 1.60. The number of nitrogens with zero attached hydrogens (tertiary/aromatic N) is 1. The molecule has 104 valence electrons. The van der Waals surface area contributed by atoms with Gasteiger partial charge in [-0.25, -0.2) is 0 Å². The van der Waals surface area contributed by atoms with E-state index in [9.17, 15) is 18.0 Å². The highest BCUT2D eigenvalue weighted by Crippen LogP contribution is 2.44. The van der Waals surface area contributed by atoms with E-state index in [4.69, 9.17) is 5.11 Å². The summed E-state index contributed by atoms with van der Waals surface area (Å²) in [6, 6.07) is 1.95. The monoisotopic (exact) mass is 274 g/mol. The summed E-state index contributed by atoms with van der Waals surface area (Å²) in [6.07, 6.45) is -1.95. The summed E-state index contributed by atoms with van der Waals surface area (Å²) in [6.45, 7) is 0.0812. The van der Waals surface area contributed by atoms with E-state index in [-0.39, 0.29) is 18.6 Å². The SMILES string of the molecule is O=C(NCC1(CO)CC1)c1ncccc1C(F)(F)F. The Morgan fingerprint density at radius 3 is 2.68 bits per heavy atom. The Kier molecular flexibility index (Phi) is 3.49. The van der Waals surface area contributed by atoms with E-state index in [1.807, 2.05) is 0 Å². The summed E-state index contributed by atoms with van der Waals surface area (Å²) in [7, 11) is 0. The average Bonchev–Trinajstić information content (AvgIpc) is 3.16. The fourth-order valence-corrected chi connectivity index (χ4v) is 1.73. The van der Waals surface area contributed by atoms with Crippen LogP contribution in [0.1, 0.15) is 28.9 Å². The van der Waals surface area contributed by atoms with Gasteiger partial charge in [-0.05, 0) is 25.0 Å². The molecule has 1 fully saturated rings. The van der Waals surface area contributed by atoms with Crippen LogP contribution >= 0.6 is 0 Å². The van der Waals surface area contributed by atoms with Gasteiger partial charge in [0, 0.05) is 18.2 Å². The summed E-state index contributed by atoms with van der Waals surface area (Å²) in [4.78, 5) is 15.2. The Bertz CT molecular complexity index is 484. The van der Waals surface area contributed by atoms with Crippen LogP contribution in [-0.4, -0.2) is 29.1 Å². The molecule has 19 heavy (non-hydrogen) atoms. The van der Waals surface area contributed by atoms with Crippen LogP contribution < -0.4 is 5.32 Å². The average molecular weight is 274 g/mol. The summed E-state index contributed by atoms with van der Waals surface area (Å²) in [5.74, 6) is -0.868. The van der Waals surface area contributed by atoms with Gasteiger partial charge in [-0.15, -0.1) is 0 Å². The molecule has 0 bridgehead atoms. The summed E-state index contributed by atoms with van der Waals surface area (Å²) < 4.78 is 38.1. The first kappa shape index (κ1) is 13.8. The van der Waals surface area contributed by atoms with Gasteiger partial charge in [0.25, 0.3) is 5.91 Å². The normalized spacial score (nSPS) is 17.1. The maximum Gasteiger partial charge on any atom is 0.418 e. The highest BCUT2D eigenvalue weighted by Gasteiger charge is 2.42. The number of amides is 1. The molecule has 1 aliphatic carbocycles. The van der Waals surface area contributed by atoms with Gasteiger partial charge in [-0.3, -0.25) is 9.78 Å². The van der Waals surface area contributed by atoms with Gasteiger partial charge in [0.2, 0.25) is 0 Å². The Balaban J connectivity index is 2.11. The Labute approximate surface area is 107 Å². The highest BCUT2D eigenvalue weighted by atomic mass is 19.4. The minimum absolute atomic E-state index is 0.0817. The number of aliphatic hydroxyl groups excluding tert-OH is 1. The lowest BCUT2D eigenvalue weighted by Crippen LogP contribution is -2.33. The van der Waals surface area contributed by atoms with Gasteiger partial charge >= 0.3 is 6.18 Å². The minimum Gasteiger partial charge on any atom is -0.396 e. The second kappa shape index (κ2) is 4.80. The van der Waals surface area contributed by atoms with Gasteiger partial charge in [0.15, 0.2) is 0 Å². The van der Waals surface area contributed by atoms with Crippen LogP contribution in [0.4, 0.5) is 13.2 Å². The number of hydrogen-bond acceptors (Lipinski definition) is 3. The molecule has 1 amide bonds. The number of aliphatic hydroxyl groups is 1. The molecular formula is C12H13F3N2O2. The molecule has 1 saturated carbocycles. The Morgan fingerprint density at radius 2 is 2.16 bits per heavy atom. The molecule has 0 unspecified atom stereocenters. The lowest BCUT2D eigenvalue weighted by molar-refractivity contribution is -0.138. The summed E-state index contributed by atoms with van der Waals surface area (Å²) in [5.41, 5.74) is -2.05. The van der Waals surface area contributed by atoms with Crippen LogP contribution in [0.5, 0.6) is 0 Å². The molecule has 0 saturated heterocycles. The largest absolute Gasteiger partial charge is 0.418 e. The molecule has 7 heteroatoms. The quantitative estimate of drug-likeness (QED) is 0.876. The molecule has 0 atom stereocenters. The fourth-order valence-electron chi connectivity index (χ4n) is 1.73. The van der Waals surface area contributed by atoms with E-state index < -0.39 is 23.3 Å². The number of rotatable bonds is 4. The van der Waals surface area contributed by atoms with E-state index in [1.54, 1.807) is 0 Å². The maximum absolute atomic E-state index is 12.7. The third kappa shape index (κ3) is 3.04. The number of hydrogen-bond donors (Lipinski definition) is 2. The van der Waals surface area contributed by atoms with Gasteiger partial charge in [-0.1, -0.05) is 0 Å². The van der Waals surface area contributed by atoms with Gasteiger partial charge in [-0.2, -0.15) is 13.2 Å². The molecule has 2 N–H and O–H groups in total. The van der Waals surface area contributed by atoms with Crippen molar-refractivity contribution in [3.63, 3.8) is 0 Å². The molecule has 1 aromatic rings. The smallest absolute Gasteiger partial charge is 0.396 e. The van der Waals surface area contributed by atoms with E-state index >= 15 is 0 Å². The lowest BCUT2D eigenvalue weighted by Gasteiger charge is -2.14. The molecule has 0 radical (unpaired) electrons. The number of nitrogens with one attached hydrogen (secondary N) is 1. The van der Waals surface area contributed by atoms with Crippen molar-refractivity contribution in [3.05, 3.63) is 29.6 Å². The molecule has 1 aromatic heterocycles. The van der Waals surface area contributed by atoms with Gasteiger partial charge < -0.3 is 10.4 Å². The molecule has 1 aliphatic rings. The van der Waals surface area contributed by atoms with Gasteiger partial charge in [0.05, 0.1) is 12.2 Å². The number of carbonyl (C=O) groups excluding carboxylic acids is 1. The lowest BCUT2D eigenvalue weighted by atomic mass is 10.1. The van der Waals surface area contributed by atoms with E-state index in [0.29, 0.717) is 0 Å². The highest BCUT2D eigenvalue weighted by molar-refractivity contribution is 5.93. The van der Waals surface area contributed by atoms with E-state index in [2.05, 4.69) is 10.3 Å². The Morgan fingerprint density at radius 1 is 1.47 bits per heavy atom. The van der Waals surface area contributed by atoms with Crippen LogP contribution in [0.15, 0.2) is 18.3 Å². The van der Waals surface area contributed by atoms with Crippen LogP contribution in [-0.2, 0) is 6.18 Å². The van der Waals surface area contributed by atoms with Crippen molar-refractivity contribution in [2.45, 2.75) is 19.0 Å². The van der Waals surface area contributed by atoms with Crippen LogP contribution in [0.25, 0.3) is 0 Å². The zero-order chi connectivity index (χ0) is 14.1. The van der Waals surface area contributed by atoms with E-state index in [0.717, 1.165) is 31.2 Å². The van der Waals surface area contributed by atoms with Crippen LogP contribution in [0, 0.1) is 5.41 Å². The van der Waals surface area contributed by atoms with E-state index in [1.165, 1.54) is 0 Å². The second-order valence-electron chi connectivity index (χ2n) is 4.74. The molecular weight excluding hydrogens is 261 g/mol. The number of pyridine rings is 1. The predicted molar refractivity (Wildman–Crippen MR) is 60.3 cm³/mol. The zero-order valence-corrected chi connectivity index (χ0v) is 10.00. The van der Waals surface area contributed by atoms with Crippen LogP contribution in [0.2, 0.25) is 0 Å². The number of alkyl halides is 3. The van der Waals surface area contributed by atoms with Crippen molar-refractivity contribution in [1.82, 2.24) is 10.3 Å². The summed E-state index contributed by atoms with van der Waals surface area (Å²) in [5, 5.41) is 11.5. The third-order valence-corrected chi connectivity index (χ3v) is 3.24. The van der Waals surface area contributed by atoms with Crippen molar-refractivity contribution < 1.29 is 23.1 Å². The minimum atomic E-state index is -4.62. The van der Waals surface area contributed by atoms with Crippen molar-refractivity contribution >= 4 is 5.91 Å². The van der Waals surface area contributed by atoms with Crippen molar-refractivity contribution in [3.8, 4) is 0 Å². The molecule has 4 nitrogen and oxygen atoms in total. The van der Waals surface area contributed by atoms with Crippen molar-refractivity contribution in [2.24, 2.45) is 5.41 Å². The molecule has 0 spiro atoms. The standard InChI is InChI=1S/C12H13F3N2O2/c13-12(14,15)8-2-1-5-16-9(8)10(19)17-6-11(7-18)3-4-11/h1-2,5,18H,3-4,6-7H2,(H,17,19). The van der Waals surface area contributed by atoms with Crippen LogP contribution in [0.3, 0.4) is 0 Å². The fraction of sp³-hybridized carbons (Fsp3) is 0.500. The molecule has 1 heterocycles. The number of aromatic nitrogens is 1. The number of carbonyl (C=O) groups is 1.